The van der Waals surface area contributed by atoms with Gasteiger partial charge >= 0.3 is 0 Å². The Labute approximate surface area is 140 Å². The number of hydrogen-bond donors (Lipinski definition) is 2. The molecular formula is C18H19ClN2O2. The molecule has 2 aliphatic heterocycles. The van der Waals surface area contributed by atoms with Gasteiger partial charge in [-0.25, -0.2) is 0 Å². The zero-order chi connectivity index (χ0) is 16.0. The second kappa shape index (κ2) is 5.41. The maximum atomic E-state index is 10.3. The molecule has 1 saturated heterocycles. The molecule has 120 valence electrons. The number of aryl methyl sites for hydroxylation is 1. The number of β-amino-alcohol motifs (C(OH)–C–C–N with tert-alkyl or cyclic N) is 1. The highest BCUT2D eigenvalue weighted by Gasteiger charge is 2.39. The molecule has 0 atom stereocenters. The van der Waals surface area contributed by atoms with E-state index in [4.69, 9.17) is 16.3 Å². The van der Waals surface area contributed by atoms with Gasteiger partial charge in [0.05, 0.1) is 37.8 Å². The first-order chi connectivity index (χ1) is 11.0. The number of rotatable bonds is 3. The monoisotopic (exact) mass is 330 g/mol. The largest absolute Gasteiger partial charge is 0.383 e. The van der Waals surface area contributed by atoms with Gasteiger partial charge in [-0.3, -0.25) is 0 Å². The lowest BCUT2D eigenvalue weighted by molar-refractivity contribution is -0.171. The third kappa shape index (κ3) is 2.67. The minimum Gasteiger partial charge on any atom is -0.383 e. The molecule has 2 heterocycles. The second-order valence-electron chi connectivity index (χ2n) is 6.44. The summed E-state index contributed by atoms with van der Waals surface area (Å²) >= 11 is 6.14. The summed E-state index contributed by atoms with van der Waals surface area (Å²) in [5.74, 6) is 0. The van der Waals surface area contributed by atoms with E-state index >= 15 is 0 Å². The summed E-state index contributed by atoms with van der Waals surface area (Å²) in [6, 6.07) is 12.3. The first kappa shape index (κ1) is 14.8. The van der Waals surface area contributed by atoms with Gasteiger partial charge in [0.25, 0.3) is 0 Å². The molecule has 0 radical (unpaired) electrons. The van der Waals surface area contributed by atoms with Crippen molar-refractivity contribution in [2.75, 3.05) is 36.6 Å². The van der Waals surface area contributed by atoms with E-state index in [-0.39, 0.29) is 0 Å². The number of ether oxygens (including phenoxy) is 1. The molecule has 0 unspecified atom stereocenters. The van der Waals surface area contributed by atoms with Crippen LogP contribution >= 0.6 is 11.6 Å². The lowest BCUT2D eigenvalue weighted by atomic mass is 9.99. The van der Waals surface area contributed by atoms with Crippen LogP contribution in [0.2, 0.25) is 5.02 Å². The number of fused-ring (bicyclic) bond motifs is 1. The summed E-state index contributed by atoms with van der Waals surface area (Å²) < 4.78 is 5.13. The lowest BCUT2D eigenvalue weighted by Crippen LogP contribution is -2.57. The molecule has 0 amide bonds. The molecule has 0 bridgehead atoms. The molecule has 4 nitrogen and oxygen atoms in total. The van der Waals surface area contributed by atoms with Crippen LogP contribution in [0.1, 0.15) is 5.56 Å². The van der Waals surface area contributed by atoms with E-state index in [9.17, 15) is 5.11 Å². The Kier molecular flexibility index (Phi) is 3.48. The standard InChI is InChI=1S/C18H19ClN2O2/c1-12-2-4-14(19)7-15(12)13-3-5-17-16(6-13)20-11-21(17)8-18(22)9-23-10-18/h2-7,20,22H,8-11H2,1H3. The van der Waals surface area contributed by atoms with Crippen molar-refractivity contribution in [1.29, 1.82) is 0 Å². The van der Waals surface area contributed by atoms with Crippen LogP contribution in [-0.2, 0) is 4.74 Å². The van der Waals surface area contributed by atoms with Gasteiger partial charge in [-0.2, -0.15) is 0 Å². The van der Waals surface area contributed by atoms with Crippen LogP contribution in [-0.4, -0.2) is 37.1 Å². The van der Waals surface area contributed by atoms with Gasteiger partial charge in [-0.1, -0.05) is 23.7 Å². The van der Waals surface area contributed by atoms with Crippen molar-refractivity contribution < 1.29 is 9.84 Å². The van der Waals surface area contributed by atoms with Gasteiger partial charge in [-0.15, -0.1) is 0 Å². The Hall–Kier alpha value is -1.75. The summed E-state index contributed by atoms with van der Waals surface area (Å²) in [5, 5.41) is 14.4. The van der Waals surface area contributed by atoms with Crippen molar-refractivity contribution in [3.8, 4) is 11.1 Å². The second-order valence-corrected chi connectivity index (χ2v) is 6.88. The van der Waals surface area contributed by atoms with Crippen LogP contribution in [0.5, 0.6) is 0 Å². The van der Waals surface area contributed by atoms with E-state index < -0.39 is 5.60 Å². The van der Waals surface area contributed by atoms with Crippen LogP contribution < -0.4 is 10.2 Å². The van der Waals surface area contributed by atoms with E-state index in [1.54, 1.807) is 0 Å². The molecule has 2 aromatic rings. The van der Waals surface area contributed by atoms with Crippen LogP contribution in [0.15, 0.2) is 36.4 Å². The van der Waals surface area contributed by atoms with Gasteiger partial charge in [0.1, 0.15) is 5.60 Å². The Balaban J connectivity index is 1.63. The van der Waals surface area contributed by atoms with E-state index in [2.05, 4.69) is 35.3 Å². The highest BCUT2D eigenvalue weighted by Crippen LogP contribution is 2.37. The number of nitrogens with one attached hydrogen (secondary N) is 1. The summed E-state index contributed by atoms with van der Waals surface area (Å²) in [6.45, 7) is 4.21. The SMILES string of the molecule is Cc1ccc(Cl)cc1-c1ccc2c(c1)NCN2CC1(O)COC1. The zero-order valence-electron chi connectivity index (χ0n) is 13.0. The zero-order valence-corrected chi connectivity index (χ0v) is 13.7. The molecule has 0 aromatic heterocycles. The third-order valence-corrected chi connectivity index (χ3v) is 4.77. The molecule has 5 heteroatoms. The Morgan fingerprint density at radius 3 is 2.83 bits per heavy atom. The fourth-order valence-electron chi connectivity index (χ4n) is 3.22. The maximum Gasteiger partial charge on any atom is 0.128 e. The lowest BCUT2D eigenvalue weighted by Gasteiger charge is -2.39. The molecule has 23 heavy (non-hydrogen) atoms. The van der Waals surface area contributed by atoms with Gasteiger partial charge in [0.15, 0.2) is 0 Å². The number of hydrogen-bond acceptors (Lipinski definition) is 4. The average molecular weight is 331 g/mol. The normalized spacial score (nSPS) is 18.3. The number of aliphatic hydroxyl groups is 1. The number of halogens is 1. The van der Waals surface area contributed by atoms with Gasteiger partial charge in [-0.05, 0) is 47.9 Å². The molecular weight excluding hydrogens is 312 g/mol. The quantitative estimate of drug-likeness (QED) is 0.906. The maximum absolute atomic E-state index is 10.3. The topological polar surface area (TPSA) is 44.7 Å². The Morgan fingerprint density at radius 1 is 1.26 bits per heavy atom. The molecule has 0 spiro atoms. The van der Waals surface area contributed by atoms with Crippen molar-refractivity contribution in [2.45, 2.75) is 12.5 Å². The first-order valence-electron chi connectivity index (χ1n) is 7.74. The minimum atomic E-state index is -0.717. The molecule has 1 fully saturated rings. The fraction of sp³-hybridized carbons (Fsp3) is 0.333. The number of benzene rings is 2. The van der Waals surface area contributed by atoms with E-state index in [0.29, 0.717) is 26.4 Å². The average Bonchev–Trinajstić information content (AvgIpc) is 2.90. The Morgan fingerprint density at radius 2 is 2.09 bits per heavy atom. The summed E-state index contributed by atoms with van der Waals surface area (Å²) in [4.78, 5) is 2.16. The predicted molar refractivity (Wildman–Crippen MR) is 93.2 cm³/mol. The summed E-state index contributed by atoms with van der Waals surface area (Å²) in [6.07, 6.45) is 0. The van der Waals surface area contributed by atoms with Crippen LogP contribution in [0.25, 0.3) is 11.1 Å². The third-order valence-electron chi connectivity index (χ3n) is 4.53. The molecule has 2 N–H and O–H groups in total. The molecule has 2 aromatic carbocycles. The molecule has 0 saturated carbocycles. The predicted octanol–water partition coefficient (Wildman–Crippen LogP) is 3.27. The van der Waals surface area contributed by atoms with Crippen molar-refractivity contribution in [3.05, 3.63) is 47.0 Å². The van der Waals surface area contributed by atoms with Gasteiger partial charge in [0.2, 0.25) is 0 Å². The van der Waals surface area contributed by atoms with Crippen LogP contribution in [0, 0.1) is 6.92 Å². The van der Waals surface area contributed by atoms with E-state index in [1.165, 1.54) is 5.56 Å². The number of nitrogens with zero attached hydrogens (tertiary/aromatic N) is 1. The smallest absolute Gasteiger partial charge is 0.128 e. The summed E-state index contributed by atoms with van der Waals surface area (Å²) in [7, 11) is 0. The van der Waals surface area contributed by atoms with Crippen molar-refractivity contribution in [2.24, 2.45) is 0 Å². The van der Waals surface area contributed by atoms with Crippen molar-refractivity contribution in [1.82, 2.24) is 0 Å². The van der Waals surface area contributed by atoms with Crippen LogP contribution in [0.3, 0.4) is 0 Å². The van der Waals surface area contributed by atoms with Crippen LogP contribution in [0.4, 0.5) is 11.4 Å². The van der Waals surface area contributed by atoms with E-state index in [0.717, 1.165) is 27.5 Å². The number of anilines is 2. The molecule has 2 aliphatic rings. The van der Waals surface area contributed by atoms with Gasteiger partial charge in [0, 0.05) is 5.02 Å². The highest BCUT2D eigenvalue weighted by atomic mass is 35.5. The fourth-order valence-corrected chi connectivity index (χ4v) is 3.39. The molecule has 4 rings (SSSR count). The minimum absolute atomic E-state index is 0.415. The van der Waals surface area contributed by atoms with Crippen molar-refractivity contribution >= 4 is 23.0 Å². The Bertz CT molecular complexity index is 759. The van der Waals surface area contributed by atoms with Crippen molar-refractivity contribution in [3.63, 3.8) is 0 Å². The molecule has 0 aliphatic carbocycles. The first-order valence-corrected chi connectivity index (χ1v) is 8.11. The van der Waals surface area contributed by atoms with E-state index in [1.807, 2.05) is 18.2 Å². The highest BCUT2D eigenvalue weighted by molar-refractivity contribution is 6.30. The summed E-state index contributed by atoms with van der Waals surface area (Å²) in [5.41, 5.74) is 4.98. The van der Waals surface area contributed by atoms with Gasteiger partial charge < -0.3 is 20.1 Å².